The third kappa shape index (κ3) is 3.26. The maximum absolute atomic E-state index is 12.0. The minimum Gasteiger partial charge on any atom is -0.467 e. The monoisotopic (exact) mass is 271 g/mol. The second-order valence-corrected chi connectivity index (χ2v) is 4.19. The summed E-state index contributed by atoms with van der Waals surface area (Å²) in [5.74, 6) is 0.394. The van der Waals surface area contributed by atoms with Gasteiger partial charge in [-0.15, -0.1) is 0 Å². The number of aromatic nitrogens is 1. The molecule has 5 nitrogen and oxygen atoms in total. The molecule has 1 unspecified atom stereocenters. The minimum absolute atomic E-state index is 0.334. The number of carbonyl (C=O) groups excluding carboxylic acids is 1. The lowest BCUT2D eigenvalue weighted by molar-refractivity contribution is -0.141. The number of carbonyl (C=O) groups is 1. The average Bonchev–Trinajstić information content (AvgIpc) is 2.53. The number of nitrogens with zero attached hydrogens (tertiary/aromatic N) is 1. The number of hydrogen-bond donors (Lipinski definition) is 2. The Morgan fingerprint density at radius 3 is 2.65 bits per heavy atom. The number of nitrogens with one attached hydrogen (secondary N) is 2. The van der Waals surface area contributed by atoms with Gasteiger partial charge >= 0.3 is 5.97 Å². The van der Waals surface area contributed by atoms with Crippen molar-refractivity contribution in [2.75, 3.05) is 24.8 Å². The summed E-state index contributed by atoms with van der Waals surface area (Å²) in [6.45, 7) is 0. The zero-order valence-corrected chi connectivity index (χ0v) is 11.5. The minimum atomic E-state index is -0.548. The number of pyridine rings is 1. The molecule has 0 aliphatic heterocycles. The second kappa shape index (κ2) is 6.56. The fraction of sp³-hybridized carbons (Fsp3) is 0.200. The molecule has 0 aliphatic rings. The van der Waals surface area contributed by atoms with E-state index in [9.17, 15) is 4.79 Å². The first-order valence-electron chi connectivity index (χ1n) is 6.27. The van der Waals surface area contributed by atoms with Crippen molar-refractivity contribution in [2.24, 2.45) is 0 Å². The maximum atomic E-state index is 12.0. The van der Waals surface area contributed by atoms with Gasteiger partial charge in [0.25, 0.3) is 0 Å². The quantitative estimate of drug-likeness (QED) is 0.818. The van der Waals surface area contributed by atoms with Gasteiger partial charge in [0.15, 0.2) is 6.04 Å². The average molecular weight is 271 g/mol. The van der Waals surface area contributed by atoms with Gasteiger partial charge in [0.1, 0.15) is 5.82 Å². The van der Waals surface area contributed by atoms with E-state index in [1.165, 1.54) is 7.11 Å². The molecular formula is C15H17N3O2. The molecule has 0 amide bonds. The van der Waals surface area contributed by atoms with Gasteiger partial charge in [-0.3, -0.25) is 0 Å². The summed E-state index contributed by atoms with van der Waals surface area (Å²) in [5.41, 5.74) is 1.64. The molecule has 0 saturated carbocycles. The molecule has 2 aromatic rings. The summed E-state index contributed by atoms with van der Waals surface area (Å²) < 4.78 is 4.86. The summed E-state index contributed by atoms with van der Waals surface area (Å²) in [5, 5.41) is 6.12. The van der Waals surface area contributed by atoms with Crippen LogP contribution in [0.3, 0.4) is 0 Å². The fourth-order valence-corrected chi connectivity index (χ4v) is 1.87. The lowest BCUT2D eigenvalue weighted by Crippen LogP contribution is -2.22. The molecule has 5 heteroatoms. The van der Waals surface area contributed by atoms with Gasteiger partial charge in [-0.1, -0.05) is 30.3 Å². The molecule has 0 saturated heterocycles. The second-order valence-electron chi connectivity index (χ2n) is 4.19. The van der Waals surface area contributed by atoms with Crippen LogP contribution in [-0.4, -0.2) is 25.1 Å². The van der Waals surface area contributed by atoms with Crippen LogP contribution in [0.1, 0.15) is 11.6 Å². The zero-order chi connectivity index (χ0) is 14.4. The van der Waals surface area contributed by atoms with Crippen LogP contribution >= 0.6 is 0 Å². The Labute approximate surface area is 118 Å². The van der Waals surface area contributed by atoms with E-state index < -0.39 is 6.04 Å². The van der Waals surface area contributed by atoms with Crippen LogP contribution in [0.4, 0.5) is 11.5 Å². The molecule has 0 fully saturated rings. The Balaban J connectivity index is 2.26. The predicted molar refractivity (Wildman–Crippen MR) is 78.6 cm³/mol. The van der Waals surface area contributed by atoms with Crippen molar-refractivity contribution in [3.8, 4) is 0 Å². The van der Waals surface area contributed by atoms with Crippen molar-refractivity contribution >= 4 is 17.5 Å². The summed E-state index contributed by atoms with van der Waals surface area (Å²) in [6.07, 6.45) is 1.67. The highest BCUT2D eigenvalue weighted by Gasteiger charge is 2.21. The number of methoxy groups -OCH3 is 1. The highest BCUT2D eigenvalue weighted by molar-refractivity contribution is 5.81. The Bertz CT molecular complexity index is 572. The van der Waals surface area contributed by atoms with Crippen molar-refractivity contribution in [1.82, 2.24) is 4.98 Å². The van der Waals surface area contributed by atoms with Crippen LogP contribution in [0, 0.1) is 0 Å². The molecule has 1 aromatic carbocycles. The fourth-order valence-electron chi connectivity index (χ4n) is 1.87. The number of benzene rings is 1. The first kappa shape index (κ1) is 13.9. The van der Waals surface area contributed by atoms with Crippen molar-refractivity contribution in [3.05, 3.63) is 54.2 Å². The van der Waals surface area contributed by atoms with Crippen molar-refractivity contribution < 1.29 is 9.53 Å². The summed E-state index contributed by atoms with van der Waals surface area (Å²) in [4.78, 5) is 16.1. The highest BCUT2D eigenvalue weighted by atomic mass is 16.5. The van der Waals surface area contributed by atoms with E-state index in [1.807, 2.05) is 36.4 Å². The highest BCUT2D eigenvalue weighted by Crippen LogP contribution is 2.21. The van der Waals surface area contributed by atoms with Crippen LogP contribution in [-0.2, 0) is 9.53 Å². The van der Waals surface area contributed by atoms with Crippen LogP contribution < -0.4 is 10.6 Å². The van der Waals surface area contributed by atoms with E-state index in [4.69, 9.17) is 4.74 Å². The standard InChI is InChI=1S/C15H17N3O2/c1-16-13-10-12(8-9-17-13)18-14(15(19)20-2)11-6-4-3-5-7-11/h3-10,14H,1-2H3,(H2,16,17,18). The third-order valence-electron chi connectivity index (χ3n) is 2.90. The van der Waals surface area contributed by atoms with E-state index >= 15 is 0 Å². The van der Waals surface area contributed by atoms with E-state index in [2.05, 4.69) is 15.6 Å². The van der Waals surface area contributed by atoms with Crippen molar-refractivity contribution in [1.29, 1.82) is 0 Å². The first-order valence-corrected chi connectivity index (χ1v) is 6.27. The molecule has 20 heavy (non-hydrogen) atoms. The summed E-state index contributed by atoms with van der Waals surface area (Å²) in [7, 11) is 3.17. The Hall–Kier alpha value is -2.56. The predicted octanol–water partition coefficient (Wildman–Crippen LogP) is 2.45. The number of rotatable bonds is 5. The van der Waals surface area contributed by atoms with E-state index in [0.29, 0.717) is 0 Å². The molecular weight excluding hydrogens is 254 g/mol. The van der Waals surface area contributed by atoms with Crippen molar-refractivity contribution in [3.63, 3.8) is 0 Å². The van der Waals surface area contributed by atoms with Crippen LogP contribution in [0.5, 0.6) is 0 Å². The molecule has 0 bridgehead atoms. The largest absolute Gasteiger partial charge is 0.467 e. The SMILES string of the molecule is CNc1cc(NC(C(=O)OC)c2ccccc2)ccn1. The van der Waals surface area contributed by atoms with Gasteiger partial charge < -0.3 is 15.4 Å². The van der Waals surface area contributed by atoms with Gasteiger partial charge in [0.2, 0.25) is 0 Å². The van der Waals surface area contributed by atoms with Gasteiger partial charge in [0.05, 0.1) is 7.11 Å². The van der Waals surface area contributed by atoms with E-state index in [1.54, 1.807) is 19.3 Å². The van der Waals surface area contributed by atoms with Gasteiger partial charge in [0, 0.05) is 25.0 Å². The smallest absolute Gasteiger partial charge is 0.332 e. The van der Waals surface area contributed by atoms with Crippen LogP contribution in [0.15, 0.2) is 48.7 Å². The Morgan fingerprint density at radius 1 is 1.25 bits per heavy atom. The third-order valence-corrected chi connectivity index (χ3v) is 2.90. The first-order chi connectivity index (χ1) is 9.74. The Kier molecular flexibility index (Phi) is 4.55. The Morgan fingerprint density at radius 2 is 2.00 bits per heavy atom. The van der Waals surface area contributed by atoms with E-state index in [0.717, 1.165) is 17.1 Å². The molecule has 1 heterocycles. The molecule has 2 rings (SSSR count). The molecule has 0 spiro atoms. The van der Waals surface area contributed by atoms with Crippen LogP contribution in [0.2, 0.25) is 0 Å². The van der Waals surface area contributed by atoms with Gasteiger partial charge in [-0.05, 0) is 11.6 Å². The number of ether oxygens (including phenoxy) is 1. The zero-order valence-electron chi connectivity index (χ0n) is 11.5. The van der Waals surface area contributed by atoms with Crippen LogP contribution in [0.25, 0.3) is 0 Å². The van der Waals surface area contributed by atoms with E-state index in [-0.39, 0.29) is 5.97 Å². The lowest BCUT2D eigenvalue weighted by atomic mass is 10.1. The number of anilines is 2. The topological polar surface area (TPSA) is 63.2 Å². The molecule has 1 aromatic heterocycles. The van der Waals surface area contributed by atoms with Crippen molar-refractivity contribution in [2.45, 2.75) is 6.04 Å². The molecule has 0 radical (unpaired) electrons. The maximum Gasteiger partial charge on any atom is 0.332 e. The summed E-state index contributed by atoms with van der Waals surface area (Å²) >= 11 is 0. The molecule has 1 atom stereocenters. The molecule has 2 N–H and O–H groups in total. The molecule has 104 valence electrons. The molecule has 0 aliphatic carbocycles. The normalized spacial score (nSPS) is 11.5. The van der Waals surface area contributed by atoms with Gasteiger partial charge in [-0.25, -0.2) is 9.78 Å². The lowest BCUT2D eigenvalue weighted by Gasteiger charge is -2.18. The number of hydrogen-bond acceptors (Lipinski definition) is 5. The summed E-state index contributed by atoms with van der Waals surface area (Å²) in [6, 6.07) is 12.5. The number of esters is 1. The van der Waals surface area contributed by atoms with Gasteiger partial charge in [-0.2, -0.15) is 0 Å².